The van der Waals surface area contributed by atoms with Crippen LogP contribution >= 0.6 is 0 Å². The number of aromatic amines is 1. The predicted molar refractivity (Wildman–Crippen MR) is 88.0 cm³/mol. The number of hydrogen-bond donors (Lipinski definition) is 1. The number of aromatic nitrogens is 1. The molecule has 122 valence electrons. The first-order valence-electron chi connectivity index (χ1n) is 8.53. The topological polar surface area (TPSA) is 39.3 Å². The van der Waals surface area contributed by atoms with Crippen LogP contribution in [-0.2, 0) is 0 Å². The van der Waals surface area contributed by atoms with E-state index in [1.165, 1.54) is 31.7 Å². The largest absolute Gasteiger partial charge is 0.350 e. The summed E-state index contributed by atoms with van der Waals surface area (Å²) in [6.45, 7) is 3.41. The highest BCUT2D eigenvalue weighted by Crippen LogP contribution is 2.25. The van der Waals surface area contributed by atoms with E-state index in [4.69, 9.17) is 0 Å². The molecule has 0 atom stereocenters. The van der Waals surface area contributed by atoms with Crippen LogP contribution < -0.4 is 0 Å². The molecule has 0 spiro atoms. The van der Waals surface area contributed by atoms with E-state index in [2.05, 4.69) is 9.88 Å². The lowest BCUT2D eigenvalue weighted by atomic mass is 10.1. The van der Waals surface area contributed by atoms with Crippen molar-refractivity contribution in [3.05, 3.63) is 35.8 Å². The third-order valence-corrected chi connectivity index (χ3v) is 5.28. The molecule has 5 heteroatoms. The molecule has 2 fully saturated rings. The molecule has 2 aromatic rings. The number of carbonyl (C=O) groups is 1. The summed E-state index contributed by atoms with van der Waals surface area (Å²) in [4.78, 5) is 20.1. The average molecular weight is 315 g/mol. The lowest BCUT2D eigenvalue weighted by Crippen LogP contribution is -2.51. The quantitative estimate of drug-likeness (QED) is 0.925. The Morgan fingerprint density at radius 3 is 2.57 bits per heavy atom. The second-order valence-electron chi connectivity index (χ2n) is 6.65. The fourth-order valence-electron chi connectivity index (χ4n) is 3.96. The molecular weight excluding hydrogens is 293 g/mol. The fraction of sp³-hybridized carbons (Fsp3) is 0.500. The van der Waals surface area contributed by atoms with Gasteiger partial charge in [-0.15, -0.1) is 0 Å². The summed E-state index contributed by atoms with van der Waals surface area (Å²) in [5.74, 6) is -0.310. The maximum absolute atomic E-state index is 13.8. The van der Waals surface area contributed by atoms with Crippen molar-refractivity contribution in [1.82, 2.24) is 14.8 Å². The van der Waals surface area contributed by atoms with Crippen molar-refractivity contribution in [2.24, 2.45) is 0 Å². The van der Waals surface area contributed by atoms with Crippen molar-refractivity contribution in [1.29, 1.82) is 0 Å². The van der Waals surface area contributed by atoms with Crippen LogP contribution in [0.2, 0.25) is 0 Å². The monoisotopic (exact) mass is 315 g/mol. The zero-order valence-electron chi connectivity index (χ0n) is 13.2. The molecule has 1 aliphatic carbocycles. The minimum absolute atomic E-state index is 0.0216. The highest BCUT2D eigenvalue weighted by Gasteiger charge is 2.28. The van der Waals surface area contributed by atoms with Gasteiger partial charge in [0.1, 0.15) is 11.5 Å². The van der Waals surface area contributed by atoms with Crippen molar-refractivity contribution in [3.8, 4) is 0 Å². The molecule has 2 aliphatic rings. The first kappa shape index (κ1) is 14.7. The highest BCUT2D eigenvalue weighted by atomic mass is 19.1. The van der Waals surface area contributed by atoms with Gasteiger partial charge in [-0.1, -0.05) is 18.9 Å². The number of piperazine rings is 1. The minimum Gasteiger partial charge on any atom is -0.350 e. The smallest absolute Gasteiger partial charge is 0.270 e. The molecule has 1 amide bonds. The zero-order chi connectivity index (χ0) is 15.8. The van der Waals surface area contributed by atoms with Crippen molar-refractivity contribution < 1.29 is 9.18 Å². The van der Waals surface area contributed by atoms with E-state index in [0.717, 1.165) is 32.2 Å². The molecule has 0 radical (unpaired) electrons. The summed E-state index contributed by atoms with van der Waals surface area (Å²) in [7, 11) is 0. The Kier molecular flexibility index (Phi) is 3.81. The van der Waals surface area contributed by atoms with Gasteiger partial charge in [0.05, 0.1) is 0 Å². The maximum atomic E-state index is 13.8. The van der Waals surface area contributed by atoms with Crippen LogP contribution in [-0.4, -0.2) is 52.9 Å². The van der Waals surface area contributed by atoms with Crippen LogP contribution in [0.4, 0.5) is 4.39 Å². The van der Waals surface area contributed by atoms with Gasteiger partial charge in [-0.05, 0) is 31.0 Å². The maximum Gasteiger partial charge on any atom is 0.270 e. The first-order chi connectivity index (χ1) is 11.2. The number of carbonyl (C=O) groups excluding carboxylic acids is 1. The summed E-state index contributed by atoms with van der Waals surface area (Å²) in [6.07, 6.45) is 5.28. The number of nitrogens with one attached hydrogen (secondary N) is 1. The van der Waals surface area contributed by atoms with Crippen LogP contribution in [0.25, 0.3) is 10.9 Å². The van der Waals surface area contributed by atoms with Gasteiger partial charge in [-0.2, -0.15) is 0 Å². The van der Waals surface area contributed by atoms with E-state index in [0.29, 0.717) is 16.6 Å². The van der Waals surface area contributed by atoms with Gasteiger partial charge >= 0.3 is 0 Å². The Labute approximate surface area is 135 Å². The van der Waals surface area contributed by atoms with E-state index in [9.17, 15) is 9.18 Å². The molecule has 1 saturated carbocycles. The summed E-state index contributed by atoms with van der Waals surface area (Å²) in [5, 5.41) is 0.487. The number of hydrogen-bond acceptors (Lipinski definition) is 2. The normalized spacial score (nSPS) is 20.5. The molecular formula is C18H22FN3O. The summed E-state index contributed by atoms with van der Waals surface area (Å²) >= 11 is 0. The van der Waals surface area contributed by atoms with E-state index in [-0.39, 0.29) is 11.7 Å². The molecule has 1 aromatic heterocycles. The summed E-state index contributed by atoms with van der Waals surface area (Å²) in [5.41, 5.74) is 1.16. The molecule has 4 rings (SSSR count). The predicted octanol–water partition coefficient (Wildman–Crippen LogP) is 3.01. The number of halogens is 1. The Hall–Kier alpha value is -1.88. The van der Waals surface area contributed by atoms with E-state index in [1.807, 2.05) is 4.90 Å². The van der Waals surface area contributed by atoms with Crippen LogP contribution in [0.3, 0.4) is 0 Å². The van der Waals surface area contributed by atoms with Crippen molar-refractivity contribution in [2.45, 2.75) is 31.7 Å². The third kappa shape index (κ3) is 2.74. The van der Waals surface area contributed by atoms with E-state index in [1.54, 1.807) is 18.2 Å². The van der Waals surface area contributed by atoms with Gasteiger partial charge in [-0.3, -0.25) is 9.69 Å². The first-order valence-corrected chi connectivity index (χ1v) is 8.53. The Balaban J connectivity index is 1.45. The minimum atomic E-state index is -0.288. The summed E-state index contributed by atoms with van der Waals surface area (Å²) in [6, 6.07) is 7.23. The van der Waals surface area contributed by atoms with Crippen molar-refractivity contribution in [2.75, 3.05) is 26.2 Å². The molecule has 1 aromatic carbocycles. The van der Waals surface area contributed by atoms with Crippen LogP contribution in [0.1, 0.15) is 36.2 Å². The Morgan fingerprint density at radius 2 is 1.87 bits per heavy atom. The Bertz CT molecular complexity index is 712. The number of H-pyrrole nitrogens is 1. The molecule has 1 N–H and O–H groups in total. The highest BCUT2D eigenvalue weighted by molar-refractivity contribution is 5.98. The molecule has 1 aliphatic heterocycles. The van der Waals surface area contributed by atoms with E-state index < -0.39 is 0 Å². The van der Waals surface area contributed by atoms with Crippen molar-refractivity contribution >= 4 is 16.8 Å². The SMILES string of the molecule is O=C(c1cc2c(F)cccc2[nH]1)N1CCN(C2CCCC2)CC1. The van der Waals surface area contributed by atoms with Gasteiger partial charge in [0, 0.05) is 43.1 Å². The van der Waals surface area contributed by atoms with E-state index >= 15 is 0 Å². The number of rotatable bonds is 2. The van der Waals surface area contributed by atoms with Crippen LogP contribution in [0, 0.1) is 5.82 Å². The molecule has 23 heavy (non-hydrogen) atoms. The lowest BCUT2D eigenvalue weighted by Gasteiger charge is -2.37. The zero-order valence-corrected chi connectivity index (χ0v) is 13.2. The standard InChI is InChI=1S/C18H22FN3O/c19-15-6-3-7-16-14(15)12-17(20-16)18(23)22-10-8-21(9-11-22)13-4-1-2-5-13/h3,6-7,12-13,20H,1-2,4-5,8-11H2. The van der Waals surface area contributed by atoms with Crippen LogP contribution in [0.5, 0.6) is 0 Å². The number of amides is 1. The number of nitrogens with zero attached hydrogens (tertiary/aromatic N) is 2. The molecule has 2 heterocycles. The van der Waals surface area contributed by atoms with Gasteiger partial charge in [0.2, 0.25) is 0 Å². The van der Waals surface area contributed by atoms with Gasteiger partial charge in [0.15, 0.2) is 0 Å². The molecule has 4 nitrogen and oxygen atoms in total. The number of benzene rings is 1. The number of fused-ring (bicyclic) bond motifs is 1. The van der Waals surface area contributed by atoms with Crippen molar-refractivity contribution in [3.63, 3.8) is 0 Å². The molecule has 1 saturated heterocycles. The van der Waals surface area contributed by atoms with Gasteiger partial charge in [0.25, 0.3) is 5.91 Å². The third-order valence-electron chi connectivity index (χ3n) is 5.28. The van der Waals surface area contributed by atoms with Gasteiger partial charge < -0.3 is 9.88 Å². The fourth-order valence-corrected chi connectivity index (χ4v) is 3.96. The summed E-state index contributed by atoms with van der Waals surface area (Å²) < 4.78 is 13.8. The average Bonchev–Trinajstić information content (AvgIpc) is 3.24. The second kappa shape index (κ2) is 5.96. The van der Waals surface area contributed by atoms with Crippen LogP contribution in [0.15, 0.2) is 24.3 Å². The molecule has 0 bridgehead atoms. The second-order valence-corrected chi connectivity index (χ2v) is 6.65. The molecule has 0 unspecified atom stereocenters. The lowest BCUT2D eigenvalue weighted by molar-refractivity contribution is 0.0569. The van der Waals surface area contributed by atoms with Gasteiger partial charge in [-0.25, -0.2) is 4.39 Å². The Morgan fingerprint density at radius 1 is 1.13 bits per heavy atom.